The average molecular weight is 212 g/mol. The van der Waals surface area contributed by atoms with Gasteiger partial charge in [-0.2, -0.15) is 0 Å². The Morgan fingerprint density at radius 2 is 2.12 bits per heavy atom. The lowest BCUT2D eigenvalue weighted by atomic mass is 10.2. The van der Waals surface area contributed by atoms with Crippen molar-refractivity contribution >= 4 is 5.69 Å². The van der Waals surface area contributed by atoms with Gasteiger partial charge < -0.3 is 0 Å². The van der Waals surface area contributed by atoms with Crippen LogP contribution in [0, 0.1) is 11.8 Å². The van der Waals surface area contributed by atoms with Crippen LogP contribution in [0.1, 0.15) is 12.0 Å². The first-order chi connectivity index (χ1) is 7.86. The van der Waals surface area contributed by atoms with Crippen LogP contribution < -0.4 is 0 Å². The topological polar surface area (TPSA) is 97.5 Å². The van der Waals surface area contributed by atoms with Crippen molar-refractivity contribution in [3.63, 3.8) is 0 Å². The standard InChI is InChI=1S/C10H8N6/c11-15-13-7-2-1-4-9-5-3-6-10(8-9)14-16-12/h3,5-6,8H,2,7H2. The highest BCUT2D eigenvalue weighted by molar-refractivity contribution is 5.46. The number of hydrogen-bond donors (Lipinski definition) is 0. The normalized spacial score (nSPS) is 8.00. The number of benzene rings is 1. The number of hydrogen-bond acceptors (Lipinski definition) is 2. The molecular weight excluding hydrogens is 204 g/mol. The summed E-state index contributed by atoms with van der Waals surface area (Å²) in [6.45, 7) is 0.361. The van der Waals surface area contributed by atoms with E-state index in [1.807, 2.05) is 6.07 Å². The maximum absolute atomic E-state index is 8.26. The molecule has 0 saturated heterocycles. The van der Waals surface area contributed by atoms with Crippen LogP contribution in [0.4, 0.5) is 5.69 Å². The summed E-state index contributed by atoms with van der Waals surface area (Å²) in [7, 11) is 0. The van der Waals surface area contributed by atoms with E-state index in [2.05, 4.69) is 31.9 Å². The largest absolute Gasteiger partial charge is 0.0978 e. The van der Waals surface area contributed by atoms with E-state index < -0.39 is 0 Å². The minimum atomic E-state index is 0.361. The Balaban J connectivity index is 2.69. The van der Waals surface area contributed by atoms with Gasteiger partial charge in [-0.25, -0.2) is 0 Å². The van der Waals surface area contributed by atoms with Crippen molar-refractivity contribution in [2.24, 2.45) is 10.2 Å². The average Bonchev–Trinajstić information content (AvgIpc) is 2.30. The van der Waals surface area contributed by atoms with Gasteiger partial charge in [0.15, 0.2) is 0 Å². The van der Waals surface area contributed by atoms with Crippen LogP contribution in [0.5, 0.6) is 0 Å². The van der Waals surface area contributed by atoms with Crippen LogP contribution in [-0.4, -0.2) is 6.54 Å². The van der Waals surface area contributed by atoms with Crippen molar-refractivity contribution in [3.05, 3.63) is 50.7 Å². The van der Waals surface area contributed by atoms with Crippen LogP contribution in [0.2, 0.25) is 0 Å². The summed E-state index contributed by atoms with van der Waals surface area (Å²) in [5.41, 5.74) is 17.6. The summed E-state index contributed by atoms with van der Waals surface area (Å²) >= 11 is 0. The van der Waals surface area contributed by atoms with Crippen molar-refractivity contribution in [2.45, 2.75) is 6.42 Å². The summed E-state index contributed by atoms with van der Waals surface area (Å²) in [6, 6.07) is 6.98. The fraction of sp³-hybridized carbons (Fsp3) is 0.200. The zero-order valence-electron chi connectivity index (χ0n) is 8.41. The molecule has 0 amide bonds. The maximum atomic E-state index is 8.26. The lowest BCUT2D eigenvalue weighted by molar-refractivity contribution is 1.01. The lowest BCUT2D eigenvalue weighted by Crippen LogP contribution is -1.75. The Labute approximate surface area is 92.2 Å². The Hall–Kier alpha value is -2.60. The summed E-state index contributed by atoms with van der Waals surface area (Å²) in [5, 5.41) is 6.83. The van der Waals surface area contributed by atoms with Gasteiger partial charge in [0.05, 0.1) is 0 Å². The second kappa shape index (κ2) is 6.80. The Bertz CT molecular complexity index is 512. The highest BCUT2D eigenvalue weighted by Crippen LogP contribution is 2.13. The summed E-state index contributed by atoms with van der Waals surface area (Å²) in [4.78, 5) is 5.31. The predicted octanol–water partition coefficient (Wildman–Crippen LogP) is 3.68. The second-order valence-electron chi connectivity index (χ2n) is 2.75. The molecule has 0 N–H and O–H groups in total. The van der Waals surface area contributed by atoms with Gasteiger partial charge in [-0.05, 0) is 23.2 Å². The first-order valence-corrected chi connectivity index (χ1v) is 4.51. The van der Waals surface area contributed by atoms with E-state index >= 15 is 0 Å². The molecule has 0 fully saturated rings. The number of rotatable bonds is 3. The molecule has 0 aliphatic carbocycles. The van der Waals surface area contributed by atoms with Crippen LogP contribution in [0.15, 0.2) is 34.5 Å². The fourth-order valence-corrected chi connectivity index (χ4v) is 1.01. The molecule has 0 heterocycles. The molecule has 0 spiro atoms. The molecular formula is C10H8N6. The van der Waals surface area contributed by atoms with Gasteiger partial charge in [-0.15, -0.1) is 0 Å². The number of nitrogens with zero attached hydrogens (tertiary/aromatic N) is 6. The van der Waals surface area contributed by atoms with E-state index in [0.29, 0.717) is 18.7 Å². The Morgan fingerprint density at radius 1 is 1.25 bits per heavy atom. The molecule has 1 aromatic carbocycles. The van der Waals surface area contributed by atoms with Crippen molar-refractivity contribution in [1.82, 2.24) is 0 Å². The van der Waals surface area contributed by atoms with Crippen LogP contribution in [0.3, 0.4) is 0 Å². The first kappa shape index (κ1) is 11.5. The molecule has 16 heavy (non-hydrogen) atoms. The summed E-state index contributed by atoms with van der Waals surface area (Å²) in [6.07, 6.45) is 0.510. The molecule has 6 nitrogen and oxygen atoms in total. The quantitative estimate of drug-likeness (QED) is 0.240. The molecule has 0 aromatic heterocycles. The SMILES string of the molecule is [N-]=[N+]=NCCC#Cc1cccc(N=[N+]=[N-])c1. The van der Waals surface area contributed by atoms with Crippen molar-refractivity contribution in [2.75, 3.05) is 6.54 Å². The van der Waals surface area contributed by atoms with Crippen LogP contribution >= 0.6 is 0 Å². The van der Waals surface area contributed by atoms with Gasteiger partial charge in [0, 0.05) is 34.0 Å². The van der Waals surface area contributed by atoms with E-state index in [-0.39, 0.29) is 0 Å². The lowest BCUT2D eigenvalue weighted by Gasteiger charge is -1.91. The van der Waals surface area contributed by atoms with Crippen LogP contribution in [-0.2, 0) is 0 Å². The van der Waals surface area contributed by atoms with E-state index in [0.717, 1.165) is 5.56 Å². The second-order valence-corrected chi connectivity index (χ2v) is 2.75. The van der Waals surface area contributed by atoms with E-state index in [1.54, 1.807) is 18.2 Å². The molecule has 78 valence electrons. The van der Waals surface area contributed by atoms with Gasteiger partial charge in [0.2, 0.25) is 0 Å². The van der Waals surface area contributed by atoms with E-state index in [1.165, 1.54) is 0 Å². The molecule has 0 saturated carbocycles. The van der Waals surface area contributed by atoms with Crippen LogP contribution in [0.25, 0.3) is 20.9 Å². The van der Waals surface area contributed by atoms with Crippen molar-refractivity contribution < 1.29 is 0 Å². The minimum absolute atomic E-state index is 0.361. The Morgan fingerprint density at radius 3 is 2.88 bits per heavy atom. The van der Waals surface area contributed by atoms with Crippen molar-refractivity contribution in [1.29, 1.82) is 0 Å². The van der Waals surface area contributed by atoms with E-state index in [4.69, 9.17) is 11.1 Å². The molecule has 1 rings (SSSR count). The monoisotopic (exact) mass is 212 g/mol. The zero-order chi connectivity index (χ0) is 11.6. The number of azide groups is 2. The molecule has 6 heteroatoms. The zero-order valence-corrected chi connectivity index (χ0v) is 8.41. The molecule has 0 aliphatic heterocycles. The third kappa shape index (κ3) is 4.07. The van der Waals surface area contributed by atoms with Gasteiger partial charge in [-0.3, -0.25) is 0 Å². The fourth-order valence-electron chi connectivity index (χ4n) is 1.01. The van der Waals surface area contributed by atoms with Gasteiger partial charge in [0.25, 0.3) is 0 Å². The Kier molecular flexibility index (Phi) is 4.87. The predicted molar refractivity (Wildman–Crippen MR) is 60.8 cm³/mol. The maximum Gasteiger partial charge on any atom is 0.0387 e. The third-order valence-electron chi connectivity index (χ3n) is 1.64. The summed E-state index contributed by atoms with van der Waals surface area (Å²) < 4.78 is 0. The molecule has 0 aliphatic rings. The molecule has 0 unspecified atom stereocenters. The minimum Gasteiger partial charge on any atom is -0.0978 e. The van der Waals surface area contributed by atoms with E-state index in [9.17, 15) is 0 Å². The first-order valence-electron chi connectivity index (χ1n) is 4.51. The molecule has 0 bridgehead atoms. The highest BCUT2D eigenvalue weighted by atomic mass is 15.1. The molecule has 0 atom stereocenters. The van der Waals surface area contributed by atoms with Gasteiger partial charge in [-0.1, -0.05) is 34.2 Å². The van der Waals surface area contributed by atoms with Gasteiger partial charge in [0.1, 0.15) is 0 Å². The molecule has 1 aromatic rings. The smallest absolute Gasteiger partial charge is 0.0387 e. The third-order valence-corrected chi connectivity index (χ3v) is 1.64. The highest BCUT2D eigenvalue weighted by Gasteiger charge is 1.89. The summed E-state index contributed by atoms with van der Waals surface area (Å²) in [5.74, 6) is 5.74. The van der Waals surface area contributed by atoms with Gasteiger partial charge >= 0.3 is 0 Å². The van der Waals surface area contributed by atoms with Crippen molar-refractivity contribution in [3.8, 4) is 11.8 Å². The molecule has 0 radical (unpaired) electrons.